The fraction of sp³-hybridized carbons (Fsp3) is 0.143. The number of hydrogen-bond donors (Lipinski definition) is 4. The highest BCUT2D eigenvalue weighted by Gasteiger charge is 2.31. The van der Waals surface area contributed by atoms with E-state index < -0.39 is 22.7 Å². The number of benzene rings is 1. The van der Waals surface area contributed by atoms with Crippen molar-refractivity contribution >= 4 is 16.5 Å². The van der Waals surface area contributed by atoms with Crippen LogP contribution < -0.4 is 5.73 Å². The summed E-state index contributed by atoms with van der Waals surface area (Å²) in [4.78, 5) is 15.3. The second kappa shape index (κ2) is 8.38. The van der Waals surface area contributed by atoms with Crippen LogP contribution >= 0.6 is 16.5 Å². The molecule has 1 aromatic rings. The molecule has 0 aliphatic heterocycles. The molecule has 0 saturated heterocycles. The van der Waals surface area contributed by atoms with Gasteiger partial charge >= 0.3 is 16.5 Å². The Morgan fingerprint density at radius 2 is 1.56 bits per heavy atom. The zero-order chi connectivity index (χ0) is 12.6. The zero-order valence-electron chi connectivity index (χ0n) is 8.00. The third-order valence-corrected chi connectivity index (χ3v) is 2.40. The molecular formula is C7H11NO6P2+2. The third-order valence-electron chi connectivity index (χ3n) is 1.28. The van der Waals surface area contributed by atoms with E-state index in [0.29, 0.717) is 0 Å². The average Bonchev–Trinajstić information content (AvgIpc) is 2.17. The van der Waals surface area contributed by atoms with Gasteiger partial charge in [-0.2, -0.15) is 0 Å². The minimum absolute atomic E-state index is 0.748. The van der Waals surface area contributed by atoms with E-state index in [-0.39, 0.29) is 0 Å². The molecule has 7 nitrogen and oxygen atoms in total. The Bertz CT molecular complexity index is 332. The van der Waals surface area contributed by atoms with E-state index >= 15 is 0 Å². The van der Waals surface area contributed by atoms with Crippen molar-refractivity contribution in [3.8, 4) is 0 Å². The number of aliphatic hydroxyl groups is 1. The van der Waals surface area contributed by atoms with Crippen LogP contribution in [0.5, 0.6) is 0 Å². The van der Waals surface area contributed by atoms with Gasteiger partial charge in [0.15, 0.2) is 4.31 Å². The van der Waals surface area contributed by atoms with Crippen molar-refractivity contribution in [2.45, 2.75) is 6.23 Å². The third kappa shape index (κ3) is 8.52. The molecule has 3 atom stereocenters. The highest BCUT2D eigenvalue weighted by molar-refractivity contribution is 7.46. The Morgan fingerprint density at radius 3 is 1.75 bits per heavy atom. The molecule has 9 heteroatoms. The normalized spacial score (nSPS) is 13.2. The summed E-state index contributed by atoms with van der Waals surface area (Å²) in [5.74, 6) is 0. The summed E-state index contributed by atoms with van der Waals surface area (Å²) >= 11 is 0. The van der Waals surface area contributed by atoms with Crippen LogP contribution in [-0.2, 0) is 13.4 Å². The molecule has 5 N–H and O–H groups in total. The molecule has 0 fully saturated rings. The lowest BCUT2D eigenvalue weighted by Crippen LogP contribution is -2.07. The lowest BCUT2D eigenvalue weighted by molar-refractivity contribution is 0.186. The van der Waals surface area contributed by atoms with Gasteiger partial charge in [-0.1, -0.05) is 30.3 Å². The molecular weight excluding hydrogens is 256 g/mol. The maximum absolute atomic E-state index is 9.39. The lowest BCUT2D eigenvalue weighted by Gasteiger charge is -2.01. The molecule has 1 rings (SSSR count). The first-order valence-electron chi connectivity index (χ1n) is 3.92. The van der Waals surface area contributed by atoms with E-state index in [1.54, 1.807) is 12.1 Å². The van der Waals surface area contributed by atoms with E-state index in [2.05, 4.69) is 4.31 Å². The molecule has 0 aliphatic rings. The van der Waals surface area contributed by atoms with Crippen LogP contribution in [0.3, 0.4) is 0 Å². The molecule has 0 aliphatic carbocycles. The van der Waals surface area contributed by atoms with Gasteiger partial charge in [-0.05, 0) is 5.56 Å². The first kappa shape index (κ1) is 15.2. The summed E-state index contributed by atoms with van der Waals surface area (Å²) < 4.78 is 22.2. The summed E-state index contributed by atoms with van der Waals surface area (Å²) in [6.45, 7) is 0. The quantitative estimate of drug-likeness (QED) is 0.473. The fourth-order valence-electron chi connectivity index (χ4n) is 0.710. The van der Waals surface area contributed by atoms with Gasteiger partial charge in [-0.3, -0.25) is 0 Å². The van der Waals surface area contributed by atoms with Crippen LogP contribution in [0.2, 0.25) is 0 Å². The van der Waals surface area contributed by atoms with Crippen molar-refractivity contribution in [3.63, 3.8) is 0 Å². The monoisotopic (exact) mass is 267 g/mol. The number of rotatable bonds is 3. The van der Waals surface area contributed by atoms with Crippen molar-refractivity contribution in [2.24, 2.45) is 5.73 Å². The summed E-state index contributed by atoms with van der Waals surface area (Å²) in [6.07, 6.45) is -0.841. The largest absolute Gasteiger partial charge is 0.745 e. The van der Waals surface area contributed by atoms with Crippen molar-refractivity contribution in [1.29, 1.82) is 0 Å². The summed E-state index contributed by atoms with van der Waals surface area (Å²) in [6, 6.07) is 9.12. The average molecular weight is 267 g/mol. The van der Waals surface area contributed by atoms with Gasteiger partial charge in [0, 0.05) is 9.13 Å². The first-order valence-corrected chi connectivity index (χ1v) is 6.18. The Labute approximate surface area is 93.4 Å². The summed E-state index contributed by atoms with van der Waals surface area (Å²) in [7, 11) is -5.85. The molecule has 0 bridgehead atoms. The Kier molecular flexibility index (Phi) is 7.97. The maximum Gasteiger partial charge on any atom is 0.745 e. The standard InChI is InChI=1S/C7H9NO.O5P2/c8-7(9)6-4-2-1-3-5-6;1-6(2)5-7(3)4/h1-5,7,9H,8H2;/p+2. The molecule has 0 spiro atoms. The van der Waals surface area contributed by atoms with Gasteiger partial charge in [0.25, 0.3) is 0 Å². The second-order valence-electron chi connectivity index (χ2n) is 2.41. The highest BCUT2D eigenvalue weighted by Crippen LogP contribution is 2.30. The Morgan fingerprint density at radius 1 is 1.12 bits per heavy atom. The van der Waals surface area contributed by atoms with Crippen molar-refractivity contribution in [1.82, 2.24) is 0 Å². The highest BCUT2D eigenvalue weighted by atomic mass is 31.2. The summed E-state index contributed by atoms with van der Waals surface area (Å²) in [5, 5.41) is 8.80. The molecule has 0 aromatic heterocycles. The van der Waals surface area contributed by atoms with Gasteiger partial charge in [-0.25, -0.2) is 0 Å². The Hall–Kier alpha value is -0.780. The lowest BCUT2D eigenvalue weighted by atomic mass is 10.2. The van der Waals surface area contributed by atoms with Gasteiger partial charge in [0.2, 0.25) is 0 Å². The molecule has 1 aromatic carbocycles. The number of nitrogens with two attached hydrogens (primary N) is 1. The number of aliphatic hydroxyl groups excluding tert-OH is 1. The molecule has 16 heavy (non-hydrogen) atoms. The van der Waals surface area contributed by atoms with E-state index in [1.165, 1.54) is 0 Å². The fourth-order valence-corrected chi connectivity index (χ4v) is 1.19. The SMILES string of the molecule is NC(O)c1ccccc1.O=[P+](O)O[P+](=O)O. The van der Waals surface area contributed by atoms with Crippen LogP contribution in [0, 0.1) is 0 Å². The molecule has 0 heterocycles. The molecule has 3 unspecified atom stereocenters. The van der Waals surface area contributed by atoms with Gasteiger partial charge in [0.1, 0.15) is 6.23 Å². The minimum atomic E-state index is -2.92. The number of hydrogen-bond acceptors (Lipinski definition) is 5. The molecule has 0 amide bonds. The van der Waals surface area contributed by atoms with Crippen molar-refractivity contribution in [3.05, 3.63) is 35.9 Å². The van der Waals surface area contributed by atoms with Crippen LogP contribution in [0.15, 0.2) is 30.3 Å². The first-order chi connectivity index (χ1) is 7.43. The van der Waals surface area contributed by atoms with E-state index in [9.17, 15) is 9.13 Å². The van der Waals surface area contributed by atoms with Crippen LogP contribution in [0.25, 0.3) is 0 Å². The van der Waals surface area contributed by atoms with Crippen LogP contribution in [-0.4, -0.2) is 14.9 Å². The molecule has 0 saturated carbocycles. The van der Waals surface area contributed by atoms with Gasteiger partial charge in [0.05, 0.1) is 0 Å². The predicted octanol–water partition coefficient (Wildman–Crippen LogP) is 0.939. The zero-order valence-corrected chi connectivity index (χ0v) is 9.79. The maximum atomic E-state index is 9.39. The summed E-state index contributed by atoms with van der Waals surface area (Å²) in [5.41, 5.74) is 5.92. The molecule has 0 radical (unpaired) electrons. The smallest absolute Gasteiger partial charge is 0.375 e. The van der Waals surface area contributed by atoms with E-state index in [1.807, 2.05) is 18.2 Å². The second-order valence-corrected chi connectivity index (χ2v) is 4.02. The topological polar surface area (TPSA) is 130 Å². The van der Waals surface area contributed by atoms with Crippen LogP contribution in [0.4, 0.5) is 0 Å². The van der Waals surface area contributed by atoms with Crippen LogP contribution in [0.1, 0.15) is 11.8 Å². The Balaban J connectivity index is 0.000000293. The molecule has 88 valence electrons. The predicted molar refractivity (Wildman–Crippen MR) is 56.3 cm³/mol. The van der Waals surface area contributed by atoms with E-state index in [0.717, 1.165) is 5.56 Å². The van der Waals surface area contributed by atoms with Crippen molar-refractivity contribution in [2.75, 3.05) is 0 Å². The minimum Gasteiger partial charge on any atom is -0.375 e. The van der Waals surface area contributed by atoms with E-state index in [4.69, 9.17) is 20.6 Å². The van der Waals surface area contributed by atoms with Gasteiger partial charge < -0.3 is 10.8 Å². The van der Waals surface area contributed by atoms with Crippen molar-refractivity contribution < 1.29 is 28.3 Å². The van der Waals surface area contributed by atoms with Gasteiger partial charge in [-0.15, -0.1) is 9.79 Å².